The third-order valence-corrected chi connectivity index (χ3v) is 2.96. The van der Waals surface area contributed by atoms with Crippen LogP contribution in [-0.2, 0) is 4.79 Å². The summed E-state index contributed by atoms with van der Waals surface area (Å²) in [7, 11) is 0. The molecule has 3 heteroatoms. The van der Waals surface area contributed by atoms with Gasteiger partial charge in [-0.3, -0.25) is 4.79 Å². The average Bonchev–Trinajstić information content (AvgIpc) is 2.30. The van der Waals surface area contributed by atoms with Gasteiger partial charge in [0.2, 0.25) is 5.91 Å². The second-order valence-corrected chi connectivity index (χ2v) is 4.30. The lowest BCUT2D eigenvalue weighted by Crippen LogP contribution is -2.46. The molecule has 1 amide bonds. The Hall–Kier alpha value is -0.570. The Morgan fingerprint density at radius 2 is 1.80 bits per heavy atom. The lowest BCUT2D eigenvalue weighted by molar-refractivity contribution is -0.131. The standard InChI is InChI=1S/C12H24N2O/c1-2-3-4-5-6-7-12(15)14-10-8-13-9-11-14/h13H,2-11H2,1H3. The molecule has 0 saturated carbocycles. The van der Waals surface area contributed by atoms with Gasteiger partial charge >= 0.3 is 0 Å². The minimum Gasteiger partial charge on any atom is -0.340 e. The van der Waals surface area contributed by atoms with Crippen molar-refractivity contribution in [2.45, 2.75) is 45.4 Å². The van der Waals surface area contributed by atoms with Crippen LogP contribution in [0.1, 0.15) is 45.4 Å². The number of rotatable bonds is 6. The van der Waals surface area contributed by atoms with Crippen molar-refractivity contribution in [3.63, 3.8) is 0 Å². The van der Waals surface area contributed by atoms with Crippen molar-refractivity contribution in [2.75, 3.05) is 26.2 Å². The molecule has 15 heavy (non-hydrogen) atoms. The summed E-state index contributed by atoms with van der Waals surface area (Å²) in [5.41, 5.74) is 0. The van der Waals surface area contributed by atoms with Crippen LogP contribution in [0.4, 0.5) is 0 Å². The molecule has 0 spiro atoms. The fraction of sp³-hybridized carbons (Fsp3) is 0.917. The summed E-state index contributed by atoms with van der Waals surface area (Å²) in [5.74, 6) is 0.355. The first-order valence-electron chi connectivity index (χ1n) is 6.33. The van der Waals surface area contributed by atoms with Crippen molar-refractivity contribution in [3.05, 3.63) is 0 Å². The molecule has 0 atom stereocenters. The molecule has 1 rings (SSSR count). The highest BCUT2D eigenvalue weighted by Gasteiger charge is 2.14. The smallest absolute Gasteiger partial charge is 0.222 e. The van der Waals surface area contributed by atoms with Gasteiger partial charge in [0.1, 0.15) is 0 Å². The number of hydrogen-bond acceptors (Lipinski definition) is 2. The van der Waals surface area contributed by atoms with Crippen molar-refractivity contribution < 1.29 is 4.79 Å². The zero-order valence-corrected chi connectivity index (χ0v) is 9.93. The molecule has 0 aliphatic carbocycles. The first-order valence-corrected chi connectivity index (χ1v) is 6.33. The van der Waals surface area contributed by atoms with Gasteiger partial charge in [0, 0.05) is 32.6 Å². The Bertz CT molecular complexity index is 176. The minimum absolute atomic E-state index is 0.355. The van der Waals surface area contributed by atoms with Crippen molar-refractivity contribution in [3.8, 4) is 0 Å². The van der Waals surface area contributed by atoms with Gasteiger partial charge in [0.05, 0.1) is 0 Å². The molecule has 0 aromatic carbocycles. The fourth-order valence-electron chi connectivity index (χ4n) is 1.95. The first-order chi connectivity index (χ1) is 7.34. The zero-order valence-electron chi connectivity index (χ0n) is 9.93. The topological polar surface area (TPSA) is 32.3 Å². The summed E-state index contributed by atoms with van der Waals surface area (Å²) >= 11 is 0. The van der Waals surface area contributed by atoms with Crippen molar-refractivity contribution in [2.24, 2.45) is 0 Å². The van der Waals surface area contributed by atoms with Gasteiger partial charge in [0.15, 0.2) is 0 Å². The Morgan fingerprint density at radius 3 is 2.47 bits per heavy atom. The van der Waals surface area contributed by atoms with E-state index in [1.165, 1.54) is 25.7 Å². The number of nitrogens with one attached hydrogen (secondary N) is 1. The lowest BCUT2D eigenvalue weighted by Gasteiger charge is -2.27. The summed E-state index contributed by atoms with van der Waals surface area (Å²) in [6, 6.07) is 0. The molecule has 0 unspecified atom stereocenters. The van der Waals surface area contributed by atoms with Crippen LogP contribution in [0.5, 0.6) is 0 Å². The summed E-state index contributed by atoms with van der Waals surface area (Å²) in [6.45, 7) is 5.93. The van der Waals surface area contributed by atoms with E-state index in [0.29, 0.717) is 5.91 Å². The van der Waals surface area contributed by atoms with Crippen LogP contribution >= 0.6 is 0 Å². The molecule has 0 bridgehead atoms. The van der Waals surface area contributed by atoms with E-state index in [1.54, 1.807) is 0 Å². The van der Waals surface area contributed by atoms with Gasteiger partial charge in [-0.1, -0.05) is 32.6 Å². The summed E-state index contributed by atoms with van der Waals surface area (Å²) in [4.78, 5) is 13.7. The second kappa shape index (κ2) is 7.69. The number of carbonyl (C=O) groups is 1. The number of hydrogen-bond donors (Lipinski definition) is 1. The maximum absolute atomic E-state index is 11.7. The van der Waals surface area contributed by atoms with Crippen LogP contribution in [0.25, 0.3) is 0 Å². The third-order valence-electron chi connectivity index (χ3n) is 2.96. The molecular formula is C12H24N2O. The molecule has 88 valence electrons. The largest absolute Gasteiger partial charge is 0.340 e. The molecule has 1 aliphatic heterocycles. The predicted octanol–water partition coefficient (Wildman–Crippen LogP) is 1.78. The highest BCUT2D eigenvalue weighted by atomic mass is 16.2. The van der Waals surface area contributed by atoms with Gasteiger partial charge in [0.25, 0.3) is 0 Å². The maximum Gasteiger partial charge on any atom is 0.222 e. The molecule has 0 radical (unpaired) electrons. The predicted molar refractivity (Wildman–Crippen MR) is 62.8 cm³/mol. The Morgan fingerprint density at radius 1 is 1.13 bits per heavy atom. The van der Waals surface area contributed by atoms with Crippen LogP contribution in [0.3, 0.4) is 0 Å². The van der Waals surface area contributed by atoms with E-state index in [-0.39, 0.29) is 0 Å². The van der Waals surface area contributed by atoms with Crippen LogP contribution < -0.4 is 5.32 Å². The number of nitrogens with zero attached hydrogens (tertiary/aromatic N) is 1. The van der Waals surface area contributed by atoms with Gasteiger partial charge in [-0.15, -0.1) is 0 Å². The molecule has 1 saturated heterocycles. The van der Waals surface area contributed by atoms with Crippen LogP contribution in [-0.4, -0.2) is 37.0 Å². The van der Waals surface area contributed by atoms with Gasteiger partial charge in [-0.2, -0.15) is 0 Å². The number of amides is 1. The molecule has 1 heterocycles. The molecule has 3 nitrogen and oxygen atoms in total. The molecule has 1 aliphatic rings. The Balaban J connectivity index is 2.02. The monoisotopic (exact) mass is 212 g/mol. The fourth-order valence-corrected chi connectivity index (χ4v) is 1.95. The summed E-state index contributed by atoms with van der Waals surface area (Å²) in [6.07, 6.45) is 6.90. The summed E-state index contributed by atoms with van der Waals surface area (Å²) in [5, 5.41) is 3.26. The quantitative estimate of drug-likeness (QED) is 0.681. The molecule has 1 fully saturated rings. The summed E-state index contributed by atoms with van der Waals surface area (Å²) < 4.78 is 0. The normalized spacial score (nSPS) is 16.7. The minimum atomic E-state index is 0.355. The SMILES string of the molecule is CCCCCCCC(=O)N1CCNCC1. The van der Waals surface area contributed by atoms with Gasteiger partial charge in [-0.25, -0.2) is 0 Å². The third kappa shape index (κ3) is 5.17. The van der Waals surface area contributed by atoms with E-state index in [0.717, 1.165) is 39.0 Å². The van der Waals surface area contributed by atoms with Crippen molar-refractivity contribution >= 4 is 5.91 Å². The van der Waals surface area contributed by atoms with E-state index in [1.807, 2.05) is 4.90 Å². The average molecular weight is 212 g/mol. The zero-order chi connectivity index (χ0) is 10.9. The van der Waals surface area contributed by atoms with E-state index in [9.17, 15) is 4.79 Å². The maximum atomic E-state index is 11.7. The lowest BCUT2D eigenvalue weighted by atomic mass is 10.1. The first kappa shape index (κ1) is 12.5. The second-order valence-electron chi connectivity index (χ2n) is 4.30. The van der Waals surface area contributed by atoms with Gasteiger partial charge in [-0.05, 0) is 6.42 Å². The molecular weight excluding hydrogens is 188 g/mol. The number of carbonyl (C=O) groups excluding carboxylic acids is 1. The van der Waals surface area contributed by atoms with Crippen LogP contribution in [0.2, 0.25) is 0 Å². The van der Waals surface area contributed by atoms with E-state index in [4.69, 9.17) is 0 Å². The van der Waals surface area contributed by atoms with Crippen LogP contribution in [0, 0.1) is 0 Å². The molecule has 0 aromatic rings. The molecule has 0 aromatic heterocycles. The van der Waals surface area contributed by atoms with Gasteiger partial charge < -0.3 is 10.2 Å². The Labute approximate surface area is 93.2 Å². The van der Waals surface area contributed by atoms with E-state index < -0.39 is 0 Å². The van der Waals surface area contributed by atoms with Crippen molar-refractivity contribution in [1.82, 2.24) is 10.2 Å². The van der Waals surface area contributed by atoms with E-state index in [2.05, 4.69) is 12.2 Å². The van der Waals surface area contributed by atoms with Crippen LogP contribution in [0.15, 0.2) is 0 Å². The molecule has 1 N–H and O–H groups in total. The highest BCUT2D eigenvalue weighted by molar-refractivity contribution is 5.76. The van der Waals surface area contributed by atoms with E-state index >= 15 is 0 Å². The Kier molecular flexibility index (Phi) is 6.41. The number of piperazine rings is 1. The number of unbranched alkanes of at least 4 members (excludes halogenated alkanes) is 4. The van der Waals surface area contributed by atoms with Crippen molar-refractivity contribution in [1.29, 1.82) is 0 Å². The highest BCUT2D eigenvalue weighted by Crippen LogP contribution is 2.07.